The summed E-state index contributed by atoms with van der Waals surface area (Å²) in [6, 6.07) is 1.12. The van der Waals surface area contributed by atoms with Crippen LogP contribution in [0.4, 0.5) is 4.39 Å². The Kier molecular flexibility index (Phi) is 2.94. The average Bonchev–Trinajstić information content (AvgIpc) is 3.15. The standard InChI is InChI=1S/C12H11FN4O2/c13-9-3-8(4-14-5-9)11(18)15-6-10-16-12(19-17-10)7-1-2-7/h3-5,7H,1-2,6H2,(H,15,18). The number of halogens is 1. The predicted molar refractivity (Wildman–Crippen MR) is 61.6 cm³/mol. The molecule has 2 aromatic heterocycles. The van der Waals surface area contributed by atoms with E-state index in [1.165, 1.54) is 6.20 Å². The molecule has 1 aliphatic carbocycles. The highest BCUT2D eigenvalue weighted by Crippen LogP contribution is 2.38. The molecular weight excluding hydrogens is 251 g/mol. The van der Waals surface area contributed by atoms with E-state index in [-0.39, 0.29) is 12.1 Å². The van der Waals surface area contributed by atoms with E-state index in [9.17, 15) is 9.18 Å². The largest absolute Gasteiger partial charge is 0.345 e. The third-order valence-corrected chi connectivity index (χ3v) is 2.78. The Morgan fingerprint density at radius 1 is 1.47 bits per heavy atom. The van der Waals surface area contributed by atoms with Crippen molar-refractivity contribution in [2.75, 3.05) is 0 Å². The zero-order valence-electron chi connectivity index (χ0n) is 9.97. The van der Waals surface area contributed by atoms with Crippen molar-refractivity contribution >= 4 is 5.91 Å². The quantitative estimate of drug-likeness (QED) is 0.901. The summed E-state index contributed by atoms with van der Waals surface area (Å²) in [7, 11) is 0. The summed E-state index contributed by atoms with van der Waals surface area (Å²) in [6.45, 7) is 0.144. The molecular formula is C12H11FN4O2. The molecule has 0 radical (unpaired) electrons. The van der Waals surface area contributed by atoms with Gasteiger partial charge >= 0.3 is 0 Å². The van der Waals surface area contributed by atoms with Gasteiger partial charge in [0.25, 0.3) is 5.91 Å². The monoisotopic (exact) mass is 262 g/mol. The van der Waals surface area contributed by atoms with Crippen molar-refractivity contribution in [1.29, 1.82) is 0 Å². The van der Waals surface area contributed by atoms with Crippen LogP contribution >= 0.6 is 0 Å². The first-order valence-corrected chi connectivity index (χ1v) is 5.93. The second-order valence-electron chi connectivity index (χ2n) is 4.40. The van der Waals surface area contributed by atoms with E-state index in [4.69, 9.17) is 4.52 Å². The second kappa shape index (κ2) is 4.75. The van der Waals surface area contributed by atoms with Crippen molar-refractivity contribution in [2.45, 2.75) is 25.3 Å². The van der Waals surface area contributed by atoms with E-state index < -0.39 is 11.7 Å². The lowest BCUT2D eigenvalue weighted by Crippen LogP contribution is -2.23. The van der Waals surface area contributed by atoms with Gasteiger partial charge in [-0.3, -0.25) is 9.78 Å². The minimum absolute atomic E-state index is 0.144. The molecule has 3 rings (SSSR count). The molecule has 0 aromatic carbocycles. The molecule has 0 atom stereocenters. The molecule has 98 valence electrons. The normalized spacial score (nSPS) is 14.4. The first-order valence-electron chi connectivity index (χ1n) is 5.93. The number of nitrogens with zero attached hydrogens (tertiary/aromatic N) is 3. The van der Waals surface area contributed by atoms with Crippen LogP contribution in [0.15, 0.2) is 23.0 Å². The van der Waals surface area contributed by atoms with Gasteiger partial charge in [0.05, 0.1) is 18.3 Å². The van der Waals surface area contributed by atoms with Gasteiger partial charge in [0.15, 0.2) is 5.82 Å². The van der Waals surface area contributed by atoms with Gasteiger partial charge in [0.1, 0.15) is 5.82 Å². The van der Waals surface area contributed by atoms with Crippen LogP contribution in [0.5, 0.6) is 0 Å². The molecule has 2 heterocycles. The Balaban J connectivity index is 1.60. The maximum absolute atomic E-state index is 12.9. The highest BCUT2D eigenvalue weighted by molar-refractivity contribution is 5.93. The van der Waals surface area contributed by atoms with Crippen LogP contribution in [0.25, 0.3) is 0 Å². The van der Waals surface area contributed by atoms with Crippen molar-refractivity contribution < 1.29 is 13.7 Å². The molecule has 0 aliphatic heterocycles. The van der Waals surface area contributed by atoms with Gasteiger partial charge in [-0.15, -0.1) is 0 Å². The van der Waals surface area contributed by atoms with E-state index in [2.05, 4.69) is 20.4 Å². The van der Waals surface area contributed by atoms with Crippen LogP contribution in [0.1, 0.15) is 40.8 Å². The van der Waals surface area contributed by atoms with E-state index in [1.807, 2.05) is 0 Å². The highest BCUT2D eigenvalue weighted by Gasteiger charge is 2.29. The molecule has 2 aromatic rings. The van der Waals surface area contributed by atoms with Gasteiger partial charge in [0.2, 0.25) is 5.89 Å². The molecule has 1 saturated carbocycles. The van der Waals surface area contributed by atoms with Gasteiger partial charge < -0.3 is 9.84 Å². The second-order valence-corrected chi connectivity index (χ2v) is 4.40. The fraction of sp³-hybridized carbons (Fsp3) is 0.333. The molecule has 1 N–H and O–H groups in total. The smallest absolute Gasteiger partial charge is 0.253 e. The molecule has 0 unspecified atom stereocenters. The molecule has 6 nitrogen and oxygen atoms in total. The van der Waals surface area contributed by atoms with Crippen LogP contribution in [0.2, 0.25) is 0 Å². The molecule has 0 bridgehead atoms. The van der Waals surface area contributed by atoms with Crippen LogP contribution in [-0.4, -0.2) is 21.0 Å². The molecule has 0 saturated heterocycles. The Morgan fingerprint density at radius 3 is 3.05 bits per heavy atom. The van der Waals surface area contributed by atoms with E-state index in [0.717, 1.165) is 25.1 Å². The summed E-state index contributed by atoms with van der Waals surface area (Å²) >= 11 is 0. The topological polar surface area (TPSA) is 80.9 Å². The number of hydrogen-bond acceptors (Lipinski definition) is 5. The third-order valence-electron chi connectivity index (χ3n) is 2.78. The number of pyridine rings is 1. The zero-order chi connectivity index (χ0) is 13.2. The molecule has 7 heteroatoms. The van der Waals surface area contributed by atoms with Crippen molar-refractivity contribution in [3.63, 3.8) is 0 Å². The lowest BCUT2D eigenvalue weighted by atomic mass is 10.2. The summed E-state index contributed by atoms with van der Waals surface area (Å²) in [5, 5.41) is 6.35. The number of nitrogens with one attached hydrogen (secondary N) is 1. The number of carbonyl (C=O) groups excluding carboxylic acids is 1. The van der Waals surface area contributed by atoms with Gasteiger partial charge in [-0.25, -0.2) is 4.39 Å². The fourth-order valence-electron chi connectivity index (χ4n) is 1.63. The SMILES string of the molecule is O=C(NCc1noc(C2CC2)n1)c1cncc(F)c1. The van der Waals surface area contributed by atoms with Crippen molar-refractivity contribution in [2.24, 2.45) is 0 Å². The predicted octanol–water partition coefficient (Wildman–Crippen LogP) is 1.41. The van der Waals surface area contributed by atoms with Crippen molar-refractivity contribution in [3.05, 3.63) is 41.6 Å². The lowest BCUT2D eigenvalue weighted by Gasteiger charge is -2.01. The highest BCUT2D eigenvalue weighted by atomic mass is 19.1. The molecule has 19 heavy (non-hydrogen) atoms. The van der Waals surface area contributed by atoms with Gasteiger partial charge in [-0.2, -0.15) is 4.98 Å². The Bertz CT molecular complexity index is 609. The van der Waals surface area contributed by atoms with Gasteiger partial charge in [-0.05, 0) is 18.9 Å². The summed E-state index contributed by atoms with van der Waals surface area (Å²) < 4.78 is 18.0. The van der Waals surface area contributed by atoms with Crippen LogP contribution in [-0.2, 0) is 6.54 Å². The van der Waals surface area contributed by atoms with E-state index in [0.29, 0.717) is 17.6 Å². The van der Waals surface area contributed by atoms with Crippen LogP contribution < -0.4 is 5.32 Å². The first kappa shape index (κ1) is 11.8. The molecule has 1 amide bonds. The maximum atomic E-state index is 12.9. The number of rotatable bonds is 4. The summed E-state index contributed by atoms with van der Waals surface area (Å²) in [5.41, 5.74) is 0.158. The van der Waals surface area contributed by atoms with Gasteiger partial charge in [0, 0.05) is 12.1 Å². The Hall–Kier alpha value is -2.31. The molecule has 1 aliphatic rings. The fourth-order valence-corrected chi connectivity index (χ4v) is 1.63. The zero-order valence-corrected chi connectivity index (χ0v) is 9.97. The van der Waals surface area contributed by atoms with Crippen molar-refractivity contribution in [1.82, 2.24) is 20.4 Å². The minimum atomic E-state index is -0.553. The molecule has 0 spiro atoms. The van der Waals surface area contributed by atoms with Crippen LogP contribution in [0, 0.1) is 5.82 Å². The maximum Gasteiger partial charge on any atom is 0.253 e. The number of hydrogen-bond donors (Lipinski definition) is 1. The summed E-state index contributed by atoms with van der Waals surface area (Å²) in [5.74, 6) is 0.439. The molecule has 1 fully saturated rings. The summed E-state index contributed by atoms with van der Waals surface area (Å²) in [4.78, 5) is 19.5. The Labute approximate surface area is 108 Å². The lowest BCUT2D eigenvalue weighted by molar-refractivity contribution is 0.0949. The van der Waals surface area contributed by atoms with Crippen molar-refractivity contribution in [3.8, 4) is 0 Å². The average molecular weight is 262 g/mol. The van der Waals surface area contributed by atoms with E-state index >= 15 is 0 Å². The number of carbonyl (C=O) groups is 1. The van der Waals surface area contributed by atoms with Gasteiger partial charge in [-0.1, -0.05) is 5.16 Å². The van der Waals surface area contributed by atoms with E-state index in [1.54, 1.807) is 0 Å². The summed E-state index contributed by atoms with van der Waals surface area (Å²) in [6.07, 6.45) is 4.48. The number of amides is 1. The Morgan fingerprint density at radius 2 is 2.32 bits per heavy atom. The first-order chi connectivity index (χ1) is 9.22. The number of aromatic nitrogens is 3. The third kappa shape index (κ3) is 2.75. The minimum Gasteiger partial charge on any atom is -0.345 e. The van der Waals surface area contributed by atoms with Crippen LogP contribution in [0.3, 0.4) is 0 Å².